The monoisotopic (exact) mass is 189 g/mol. The minimum absolute atomic E-state index is 0.269. The van der Waals surface area contributed by atoms with E-state index < -0.39 is 5.91 Å². The summed E-state index contributed by atoms with van der Waals surface area (Å²) < 4.78 is 0. The highest BCUT2D eigenvalue weighted by atomic mass is 16.1. The molecule has 0 saturated heterocycles. The predicted octanol–water partition coefficient (Wildman–Crippen LogP) is 0.343. The maximum atomic E-state index is 10.8. The summed E-state index contributed by atoms with van der Waals surface area (Å²) in [6, 6.07) is 1.87. The Kier molecular flexibility index (Phi) is 3.19. The molecule has 1 rings (SSSR count). The van der Waals surface area contributed by atoms with Crippen molar-refractivity contribution in [1.82, 2.24) is 15.3 Å². The molecule has 0 aliphatic heterocycles. The molecular formula is C10H11N3O. The molecule has 0 bridgehead atoms. The first-order valence-corrected chi connectivity index (χ1v) is 4.17. The van der Waals surface area contributed by atoms with Gasteiger partial charge in [-0.15, -0.1) is 6.42 Å². The average Bonchev–Trinajstić information content (AvgIpc) is 2.12. The van der Waals surface area contributed by atoms with Gasteiger partial charge in [-0.2, -0.15) is 0 Å². The molecule has 0 fully saturated rings. The number of aromatic nitrogens is 2. The van der Waals surface area contributed by atoms with Crippen molar-refractivity contribution in [3.05, 3.63) is 23.3 Å². The van der Waals surface area contributed by atoms with Gasteiger partial charge in [-0.25, -0.2) is 9.97 Å². The molecule has 1 heterocycles. The Morgan fingerprint density at radius 3 is 2.57 bits per heavy atom. The number of carbonyl (C=O) groups excluding carboxylic acids is 1. The molecule has 1 N–H and O–H groups in total. The van der Waals surface area contributed by atoms with Gasteiger partial charge in [0.15, 0.2) is 0 Å². The summed E-state index contributed by atoms with van der Waals surface area (Å²) in [6.45, 7) is 4.02. The summed E-state index contributed by atoms with van der Waals surface area (Å²) in [6.07, 6.45) is 4.89. The highest BCUT2D eigenvalue weighted by molar-refractivity contribution is 5.92. The normalized spacial score (nSPS) is 9.21. The van der Waals surface area contributed by atoms with E-state index in [-0.39, 0.29) is 6.54 Å². The fraction of sp³-hybridized carbons (Fsp3) is 0.300. The molecule has 4 heteroatoms. The lowest BCUT2D eigenvalue weighted by atomic mass is 10.3. The Labute approximate surface area is 82.8 Å². The van der Waals surface area contributed by atoms with Crippen LogP contribution in [0.4, 0.5) is 0 Å². The fourth-order valence-corrected chi connectivity index (χ4v) is 1.09. The number of hydrogen-bond donors (Lipinski definition) is 1. The van der Waals surface area contributed by atoms with Crippen LogP contribution in [-0.4, -0.2) is 15.9 Å². The number of amides is 1. The summed E-state index contributed by atoms with van der Waals surface area (Å²) in [5.74, 6) is 2.08. The zero-order valence-corrected chi connectivity index (χ0v) is 8.16. The standard InChI is InChI=1S/C10H11N3O/c1-4-10(14)11-6-9-12-7(2)5-8(3)13-9/h1,5H,6H2,2-3H3,(H,11,14). The second-order valence-corrected chi connectivity index (χ2v) is 2.89. The molecule has 0 unspecified atom stereocenters. The van der Waals surface area contributed by atoms with Gasteiger partial charge in [0.25, 0.3) is 5.91 Å². The number of terminal acetylenes is 1. The second kappa shape index (κ2) is 4.38. The Balaban J connectivity index is 2.69. The number of nitrogens with zero attached hydrogens (tertiary/aromatic N) is 2. The van der Waals surface area contributed by atoms with Crippen LogP contribution >= 0.6 is 0 Å². The van der Waals surface area contributed by atoms with Crippen molar-refractivity contribution >= 4 is 5.91 Å². The first kappa shape index (κ1) is 10.2. The van der Waals surface area contributed by atoms with Crippen LogP contribution in [0.5, 0.6) is 0 Å². The Hall–Kier alpha value is -1.89. The molecule has 1 aromatic heterocycles. The van der Waals surface area contributed by atoms with Gasteiger partial charge in [0.2, 0.25) is 0 Å². The van der Waals surface area contributed by atoms with E-state index in [1.165, 1.54) is 0 Å². The van der Waals surface area contributed by atoms with E-state index in [1.807, 2.05) is 25.8 Å². The summed E-state index contributed by atoms with van der Waals surface area (Å²) in [7, 11) is 0. The van der Waals surface area contributed by atoms with Crippen LogP contribution in [0.25, 0.3) is 0 Å². The molecule has 72 valence electrons. The van der Waals surface area contributed by atoms with Crippen molar-refractivity contribution in [2.45, 2.75) is 20.4 Å². The maximum absolute atomic E-state index is 10.8. The van der Waals surface area contributed by atoms with Crippen LogP contribution in [0.1, 0.15) is 17.2 Å². The molecule has 14 heavy (non-hydrogen) atoms. The van der Waals surface area contributed by atoms with Crippen LogP contribution in [0.2, 0.25) is 0 Å². The highest BCUT2D eigenvalue weighted by Crippen LogP contribution is 1.98. The lowest BCUT2D eigenvalue weighted by Crippen LogP contribution is -2.22. The van der Waals surface area contributed by atoms with Crippen molar-refractivity contribution in [3.63, 3.8) is 0 Å². The van der Waals surface area contributed by atoms with Gasteiger partial charge < -0.3 is 5.32 Å². The summed E-state index contributed by atoms with van der Waals surface area (Å²) in [5, 5.41) is 2.50. The average molecular weight is 189 g/mol. The van der Waals surface area contributed by atoms with Crippen molar-refractivity contribution in [3.8, 4) is 12.3 Å². The quantitative estimate of drug-likeness (QED) is 0.683. The lowest BCUT2D eigenvalue weighted by Gasteiger charge is -2.02. The van der Waals surface area contributed by atoms with Crippen LogP contribution in [0.3, 0.4) is 0 Å². The SMILES string of the molecule is C#CC(=O)NCc1nc(C)cc(C)n1. The third-order valence-electron chi connectivity index (χ3n) is 1.57. The zero-order chi connectivity index (χ0) is 10.6. The van der Waals surface area contributed by atoms with Gasteiger partial charge in [-0.05, 0) is 25.8 Å². The number of aryl methyl sites for hydroxylation is 2. The molecule has 0 aliphatic rings. The van der Waals surface area contributed by atoms with Crippen LogP contribution in [0.15, 0.2) is 6.07 Å². The molecule has 0 radical (unpaired) electrons. The van der Waals surface area contributed by atoms with Crippen molar-refractivity contribution in [2.24, 2.45) is 0 Å². The molecule has 0 spiro atoms. The Bertz CT molecular complexity index is 373. The van der Waals surface area contributed by atoms with Crippen LogP contribution in [-0.2, 0) is 11.3 Å². The Morgan fingerprint density at radius 2 is 2.07 bits per heavy atom. The molecule has 0 aliphatic carbocycles. The third-order valence-corrected chi connectivity index (χ3v) is 1.57. The summed E-state index contributed by atoms with van der Waals surface area (Å²) in [5.41, 5.74) is 1.75. The van der Waals surface area contributed by atoms with Gasteiger partial charge in [-0.3, -0.25) is 4.79 Å². The summed E-state index contributed by atoms with van der Waals surface area (Å²) >= 11 is 0. The largest absolute Gasteiger partial charge is 0.338 e. The van der Waals surface area contributed by atoms with Crippen molar-refractivity contribution in [2.75, 3.05) is 0 Å². The molecule has 4 nitrogen and oxygen atoms in total. The molecule has 0 atom stereocenters. The van der Waals surface area contributed by atoms with E-state index in [0.29, 0.717) is 5.82 Å². The van der Waals surface area contributed by atoms with Crippen molar-refractivity contribution in [1.29, 1.82) is 0 Å². The number of nitrogens with one attached hydrogen (secondary N) is 1. The zero-order valence-electron chi connectivity index (χ0n) is 8.16. The van der Waals surface area contributed by atoms with Crippen molar-refractivity contribution < 1.29 is 4.79 Å². The van der Waals surface area contributed by atoms with E-state index in [9.17, 15) is 4.79 Å². The van der Waals surface area contributed by atoms with E-state index in [0.717, 1.165) is 11.4 Å². The smallest absolute Gasteiger partial charge is 0.296 e. The summed E-state index contributed by atoms with van der Waals surface area (Å²) in [4.78, 5) is 19.0. The van der Waals surface area contributed by atoms with Gasteiger partial charge >= 0.3 is 0 Å². The van der Waals surface area contributed by atoms with E-state index in [2.05, 4.69) is 15.3 Å². The van der Waals surface area contributed by atoms with Crippen LogP contribution < -0.4 is 5.32 Å². The lowest BCUT2D eigenvalue weighted by molar-refractivity contribution is -0.115. The number of hydrogen-bond acceptors (Lipinski definition) is 3. The molecular weight excluding hydrogens is 178 g/mol. The van der Waals surface area contributed by atoms with E-state index in [4.69, 9.17) is 6.42 Å². The van der Waals surface area contributed by atoms with Gasteiger partial charge in [-0.1, -0.05) is 0 Å². The highest BCUT2D eigenvalue weighted by Gasteiger charge is 2.00. The van der Waals surface area contributed by atoms with Gasteiger partial charge in [0.1, 0.15) is 5.82 Å². The van der Waals surface area contributed by atoms with Gasteiger partial charge in [0, 0.05) is 11.4 Å². The maximum Gasteiger partial charge on any atom is 0.296 e. The molecule has 1 amide bonds. The van der Waals surface area contributed by atoms with E-state index >= 15 is 0 Å². The van der Waals surface area contributed by atoms with Crippen LogP contribution in [0, 0.1) is 26.2 Å². The first-order valence-electron chi connectivity index (χ1n) is 4.17. The van der Waals surface area contributed by atoms with E-state index in [1.54, 1.807) is 0 Å². The minimum Gasteiger partial charge on any atom is -0.338 e. The predicted molar refractivity (Wildman–Crippen MR) is 52.2 cm³/mol. The van der Waals surface area contributed by atoms with Gasteiger partial charge in [0.05, 0.1) is 6.54 Å². The number of carbonyl (C=O) groups is 1. The molecule has 1 aromatic rings. The number of rotatable bonds is 2. The topological polar surface area (TPSA) is 54.9 Å². The minimum atomic E-state index is -0.451. The second-order valence-electron chi connectivity index (χ2n) is 2.89. The fourth-order valence-electron chi connectivity index (χ4n) is 1.09. The Morgan fingerprint density at radius 1 is 1.50 bits per heavy atom. The third kappa shape index (κ3) is 2.87. The molecule has 0 saturated carbocycles. The molecule has 0 aromatic carbocycles. The first-order chi connectivity index (χ1) is 6.61.